The number of hydrazone groups is 1. The highest BCUT2D eigenvalue weighted by Gasteiger charge is 2.16. The summed E-state index contributed by atoms with van der Waals surface area (Å²) in [7, 11) is 3.18. The topological polar surface area (TPSA) is 63.2 Å². The van der Waals surface area contributed by atoms with Gasteiger partial charge in [0.15, 0.2) is 11.5 Å². The van der Waals surface area contributed by atoms with Crippen molar-refractivity contribution in [2.75, 3.05) is 20.8 Å². The molecule has 33 heavy (non-hydrogen) atoms. The van der Waals surface area contributed by atoms with Crippen LogP contribution in [0, 0.1) is 0 Å². The summed E-state index contributed by atoms with van der Waals surface area (Å²) in [6.07, 6.45) is 1.08. The SMILES string of the molecule is COc1ccc(/C(C)=N\NC(=O)c2ccc(CN3CCc4ccccc4C3)cc2)cc1OC. The summed E-state index contributed by atoms with van der Waals surface area (Å²) in [5, 5.41) is 4.25. The van der Waals surface area contributed by atoms with Crippen LogP contribution in [-0.2, 0) is 19.5 Å². The molecule has 3 aromatic carbocycles. The van der Waals surface area contributed by atoms with Crippen LogP contribution < -0.4 is 14.9 Å². The minimum Gasteiger partial charge on any atom is -0.493 e. The van der Waals surface area contributed by atoms with Gasteiger partial charge in [0.05, 0.1) is 19.9 Å². The van der Waals surface area contributed by atoms with Gasteiger partial charge in [0.25, 0.3) is 5.91 Å². The van der Waals surface area contributed by atoms with Crippen LogP contribution >= 0.6 is 0 Å². The van der Waals surface area contributed by atoms with E-state index in [4.69, 9.17) is 9.47 Å². The molecule has 4 rings (SSSR count). The molecule has 170 valence electrons. The molecule has 0 radical (unpaired) electrons. The first-order valence-corrected chi connectivity index (χ1v) is 11.0. The lowest BCUT2D eigenvalue weighted by molar-refractivity contribution is 0.0955. The Hall–Kier alpha value is -3.64. The summed E-state index contributed by atoms with van der Waals surface area (Å²) in [6, 6.07) is 21.9. The number of carbonyl (C=O) groups excluding carboxylic acids is 1. The summed E-state index contributed by atoms with van der Waals surface area (Å²) in [6.45, 7) is 4.71. The third kappa shape index (κ3) is 5.41. The number of hydrogen-bond donors (Lipinski definition) is 1. The van der Waals surface area contributed by atoms with Crippen LogP contribution in [0.25, 0.3) is 0 Å². The van der Waals surface area contributed by atoms with E-state index in [0.717, 1.165) is 31.6 Å². The zero-order chi connectivity index (χ0) is 23.2. The molecule has 0 fully saturated rings. The maximum absolute atomic E-state index is 12.6. The molecule has 0 aliphatic carbocycles. The first-order valence-electron chi connectivity index (χ1n) is 11.0. The minimum atomic E-state index is -0.242. The molecule has 0 bridgehead atoms. The normalized spacial score (nSPS) is 13.8. The Morgan fingerprint density at radius 2 is 1.64 bits per heavy atom. The van der Waals surface area contributed by atoms with Gasteiger partial charge in [0.2, 0.25) is 0 Å². The van der Waals surface area contributed by atoms with Crippen LogP contribution in [0.4, 0.5) is 0 Å². The number of hydrogen-bond acceptors (Lipinski definition) is 5. The lowest BCUT2D eigenvalue weighted by Gasteiger charge is -2.28. The van der Waals surface area contributed by atoms with Gasteiger partial charge in [-0.2, -0.15) is 5.10 Å². The predicted octanol–water partition coefficient (Wildman–Crippen LogP) is 4.42. The zero-order valence-electron chi connectivity index (χ0n) is 19.3. The number of rotatable bonds is 7. The highest BCUT2D eigenvalue weighted by molar-refractivity contribution is 6.01. The van der Waals surface area contributed by atoms with E-state index in [1.54, 1.807) is 14.2 Å². The van der Waals surface area contributed by atoms with E-state index < -0.39 is 0 Å². The molecule has 6 nitrogen and oxygen atoms in total. The molecular weight excluding hydrogens is 414 g/mol. The zero-order valence-corrected chi connectivity index (χ0v) is 19.3. The number of nitrogens with zero attached hydrogens (tertiary/aromatic N) is 2. The molecule has 0 spiro atoms. The molecule has 0 unspecified atom stereocenters. The fraction of sp³-hybridized carbons (Fsp3) is 0.259. The molecule has 1 aliphatic rings. The van der Waals surface area contributed by atoms with Crippen molar-refractivity contribution in [2.24, 2.45) is 5.10 Å². The molecule has 1 N–H and O–H groups in total. The third-order valence-electron chi connectivity index (χ3n) is 5.96. The van der Waals surface area contributed by atoms with Crippen LogP contribution in [0.15, 0.2) is 71.8 Å². The monoisotopic (exact) mass is 443 g/mol. The van der Waals surface area contributed by atoms with Gasteiger partial charge in [0, 0.05) is 30.8 Å². The Kier molecular flexibility index (Phi) is 7.05. The number of benzene rings is 3. The standard InChI is InChI=1S/C27H29N3O3/c1-19(23-12-13-25(32-2)26(16-23)33-3)28-29-27(31)22-10-8-20(9-11-22)17-30-15-14-21-6-4-5-7-24(21)18-30/h4-13,16H,14-15,17-18H2,1-3H3,(H,29,31)/b28-19-. The van der Waals surface area contributed by atoms with Crippen LogP contribution in [0.5, 0.6) is 11.5 Å². The van der Waals surface area contributed by atoms with Gasteiger partial charge in [-0.1, -0.05) is 36.4 Å². The summed E-state index contributed by atoms with van der Waals surface area (Å²) in [5.74, 6) is 1.02. The fourth-order valence-electron chi connectivity index (χ4n) is 4.03. The van der Waals surface area contributed by atoms with Crippen molar-refractivity contribution in [3.8, 4) is 11.5 Å². The second-order valence-electron chi connectivity index (χ2n) is 8.13. The molecule has 3 aromatic rings. The molecular formula is C27H29N3O3. The fourth-order valence-corrected chi connectivity index (χ4v) is 4.03. The first kappa shape index (κ1) is 22.6. The second-order valence-corrected chi connectivity index (χ2v) is 8.13. The third-order valence-corrected chi connectivity index (χ3v) is 5.96. The van der Waals surface area contributed by atoms with Gasteiger partial charge >= 0.3 is 0 Å². The van der Waals surface area contributed by atoms with E-state index in [1.807, 2.05) is 49.4 Å². The van der Waals surface area contributed by atoms with Crippen molar-refractivity contribution in [2.45, 2.75) is 26.4 Å². The van der Waals surface area contributed by atoms with Crippen molar-refractivity contribution in [3.05, 3.63) is 94.5 Å². The summed E-state index contributed by atoms with van der Waals surface area (Å²) in [4.78, 5) is 15.0. The van der Waals surface area contributed by atoms with E-state index in [0.29, 0.717) is 22.8 Å². The van der Waals surface area contributed by atoms with E-state index in [2.05, 4.69) is 39.7 Å². The van der Waals surface area contributed by atoms with E-state index >= 15 is 0 Å². The lowest BCUT2D eigenvalue weighted by atomic mass is 9.99. The van der Waals surface area contributed by atoms with Gasteiger partial charge in [-0.15, -0.1) is 0 Å². The molecule has 1 heterocycles. The maximum Gasteiger partial charge on any atom is 0.271 e. The summed E-state index contributed by atoms with van der Waals surface area (Å²) < 4.78 is 10.6. The Bertz CT molecular complexity index is 1160. The largest absolute Gasteiger partial charge is 0.493 e. The molecule has 0 aromatic heterocycles. The molecule has 0 atom stereocenters. The molecule has 6 heteroatoms. The van der Waals surface area contributed by atoms with Crippen molar-refractivity contribution in [1.82, 2.24) is 10.3 Å². The van der Waals surface area contributed by atoms with Crippen molar-refractivity contribution in [1.29, 1.82) is 0 Å². The van der Waals surface area contributed by atoms with Crippen LogP contribution in [0.1, 0.15) is 39.5 Å². The number of amides is 1. The Morgan fingerprint density at radius 3 is 2.36 bits per heavy atom. The predicted molar refractivity (Wildman–Crippen MR) is 130 cm³/mol. The van der Waals surface area contributed by atoms with Crippen molar-refractivity contribution < 1.29 is 14.3 Å². The van der Waals surface area contributed by atoms with Crippen molar-refractivity contribution in [3.63, 3.8) is 0 Å². The molecule has 1 aliphatic heterocycles. The van der Waals surface area contributed by atoms with Gasteiger partial charge in [-0.05, 0) is 60.4 Å². The van der Waals surface area contributed by atoms with Gasteiger partial charge < -0.3 is 9.47 Å². The number of ether oxygens (including phenoxy) is 2. The average molecular weight is 444 g/mol. The molecule has 1 amide bonds. The number of fused-ring (bicyclic) bond motifs is 1. The maximum atomic E-state index is 12.6. The Morgan fingerprint density at radius 1 is 0.939 bits per heavy atom. The Labute approximate surface area is 194 Å². The van der Waals surface area contributed by atoms with Gasteiger partial charge in [0.1, 0.15) is 0 Å². The summed E-state index contributed by atoms with van der Waals surface area (Å²) >= 11 is 0. The second kappa shape index (κ2) is 10.3. The first-order chi connectivity index (χ1) is 16.1. The van der Waals surface area contributed by atoms with Gasteiger partial charge in [-0.3, -0.25) is 9.69 Å². The number of nitrogens with one attached hydrogen (secondary N) is 1. The van der Waals surface area contributed by atoms with Crippen molar-refractivity contribution >= 4 is 11.6 Å². The molecule has 0 saturated carbocycles. The average Bonchev–Trinajstić information content (AvgIpc) is 2.87. The van der Waals surface area contributed by atoms with E-state index in [1.165, 1.54) is 16.7 Å². The smallest absolute Gasteiger partial charge is 0.271 e. The quantitative estimate of drug-likeness (QED) is 0.434. The van der Waals surface area contributed by atoms with Crippen LogP contribution in [-0.4, -0.2) is 37.3 Å². The minimum absolute atomic E-state index is 0.242. The highest BCUT2D eigenvalue weighted by atomic mass is 16.5. The molecule has 0 saturated heterocycles. The van der Waals surface area contributed by atoms with E-state index in [-0.39, 0.29) is 5.91 Å². The Balaban J connectivity index is 1.35. The highest BCUT2D eigenvalue weighted by Crippen LogP contribution is 2.27. The number of carbonyl (C=O) groups is 1. The lowest BCUT2D eigenvalue weighted by Crippen LogP contribution is -2.30. The van der Waals surface area contributed by atoms with Crippen LogP contribution in [0.2, 0.25) is 0 Å². The van der Waals surface area contributed by atoms with Gasteiger partial charge in [-0.25, -0.2) is 5.43 Å². The van der Waals surface area contributed by atoms with Crippen LogP contribution in [0.3, 0.4) is 0 Å². The number of methoxy groups -OCH3 is 2. The van der Waals surface area contributed by atoms with E-state index in [9.17, 15) is 4.79 Å². The summed E-state index contributed by atoms with van der Waals surface area (Å²) in [5.41, 5.74) is 8.77.